The van der Waals surface area contributed by atoms with Crippen molar-refractivity contribution in [2.75, 3.05) is 24.7 Å². The molecule has 0 aliphatic carbocycles. The van der Waals surface area contributed by atoms with Crippen LogP contribution in [0.5, 0.6) is 0 Å². The van der Waals surface area contributed by atoms with Crippen molar-refractivity contribution in [3.8, 4) is 0 Å². The second-order valence-electron chi connectivity index (χ2n) is 11.7. The number of rotatable bonds is 5. The third kappa shape index (κ3) is 4.59. The summed E-state index contributed by atoms with van der Waals surface area (Å²) in [5.41, 5.74) is 0.761. The average molecular weight is 575 g/mol. The van der Waals surface area contributed by atoms with Crippen LogP contribution in [0, 0.1) is 17.8 Å². The van der Waals surface area contributed by atoms with E-state index in [-0.39, 0.29) is 35.6 Å². The molecule has 2 aromatic rings. The Morgan fingerprint density at radius 1 is 1.07 bits per heavy atom. The van der Waals surface area contributed by atoms with Crippen molar-refractivity contribution < 1.29 is 24.2 Å². The van der Waals surface area contributed by atoms with Gasteiger partial charge in [0.15, 0.2) is 0 Å². The third-order valence-corrected chi connectivity index (χ3v) is 11.2. The maximum absolute atomic E-state index is 14.8. The van der Waals surface area contributed by atoms with Gasteiger partial charge in [-0.2, -0.15) is 0 Å². The molecule has 2 fully saturated rings. The van der Waals surface area contributed by atoms with Gasteiger partial charge in [0.05, 0.1) is 35.8 Å². The van der Waals surface area contributed by atoms with E-state index >= 15 is 0 Å². The summed E-state index contributed by atoms with van der Waals surface area (Å²) >= 11 is 1.54. The van der Waals surface area contributed by atoms with E-state index in [1.165, 1.54) is 0 Å². The molecule has 0 bridgehead atoms. The minimum atomic E-state index is -0.951. The number of carbonyl (C=O) groups is 3. The van der Waals surface area contributed by atoms with Crippen LogP contribution in [0.4, 0.5) is 5.69 Å². The molecule has 2 saturated heterocycles. The highest BCUT2D eigenvalue weighted by Crippen LogP contribution is 2.61. The molecule has 0 saturated carbocycles. The van der Waals surface area contributed by atoms with Crippen LogP contribution in [0.25, 0.3) is 10.8 Å². The molecule has 6 rings (SSSR count). The van der Waals surface area contributed by atoms with Crippen LogP contribution < -0.4 is 4.90 Å². The summed E-state index contributed by atoms with van der Waals surface area (Å²) in [5.74, 6) is -2.29. The third-order valence-electron chi connectivity index (χ3n) is 9.43. The Morgan fingerprint density at radius 2 is 1.88 bits per heavy atom. The van der Waals surface area contributed by atoms with Gasteiger partial charge in [0.1, 0.15) is 6.04 Å². The number of thioether (sulfide) groups is 1. The standard InChI is InChI=1S/C33H38N2O5S/c1-3-21(2)25(20-36)35-29-31(38)34(24-15-14-22-11-7-8-12-23(22)19-24)17-10-16-33(29)28(30(35)37)27-26(41-33)13-6-4-5-9-18-40-32(27)39/h6-8,10-16,19,21,25-29,36H,3-5,9,17-18,20H2,1-2H3/b13-6-/t21-,25-,26+,27-,28-,29?,33-/m0/s1. The molecule has 4 heterocycles. The number of esters is 1. The Hall–Kier alpha value is -3.10. The number of fused-ring (bicyclic) bond motifs is 3. The number of hydrogen-bond acceptors (Lipinski definition) is 6. The Labute approximate surface area is 245 Å². The van der Waals surface area contributed by atoms with E-state index in [9.17, 15) is 19.5 Å². The molecule has 2 amide bonds. The highest BCUT2D eigenvalue weighted by Gasteiger charge is 2.72. The first-order chi connectivity index (χ1) is 19.9. The van der Waals surface area contributed by atoms with Gasteiger partial charge in [-0.15, -0.1) is 11.8 Å². The zero-order valence-corrected chi connectivity index (χ0v) is 24.5. The number of anilines is 1. The van der Waals surface area contributed by atoms with Gasteiger partial charge in [-0.05, 0) is 48.1 Å². The first kappa shape index (κ1) is 28.0. The van der Waals surface area contributed by atoms with Crippen LogP contribution >= 0.6 is 11.8 Å². The Kier molecular flexibility index (Phi) is 7.72. The van der Waals surface area contributed by atoms with Gasteiger partial charge < -0.3 is 19.6 Å². The largest absolute Gasteiger partial charge is 0.465 e. The Bertz CT molecular complexity index is 1410. The number of cyclic esters (lactones) is 1. The molecule has 216 valence electrons. The molecule has 8 heteroatoms. The number of aliphatic hydroxyl groups excluding tert-OH is 1. The van der Waals surface area contributed by atoms with Crippen LogP contribution in [0.15, 0.2) is 66.8 Å². The van der Waals surface area contributed by atoms with Crippen LogP contribution in [0.3, 0.4) is 0 Å². The van der Waals surface area contributed by atoms with Crippen molar-refractivity contribution >= 4 is 46.0 Å². The predicted octanol–water partition coefficient (Wildman–Crippen LogP) is 4.73. The fraction of sp³-hybridized carbons (Fsp3) is 0.485. The van der Waals surface area contributed by atoms with Gasteiger partial charge in [-0.25, -0.2) is 0 Å². The minimum Gasteiger partial charge on any atom is -0.465 e. The van der Waals surface area contributed by atoms with E-state index in [1.54, 1.807) is 21.6 Å². The van der Waals surface area contributed by atoms with Crippen LogP contribution in [0.2, 0.25) is 0 Å². The number of allylic oxidation sites excluding steroid dienone is 1. The van der Waals surface area contributed by atoms with Gasteiger partial charge in [0.2, 0.25) is 5.91 Å². The average Bonchev–Trinajstić information content (AvgIpc) is 3.37. The zero-order valence-electron chi connectivity index (χ0n) is 23.6. The molecule has 7 nitrogen and oxygen atoms in total. The fourth-order valence-corrected chi connectivity index (χ4v) is 9.09. The zero-order chi connectivity index (χ0) is 28.7. The van der Waals surface area contributed by atoms with Crippen molar-refractivity contribution in [1.82, 2.24) is 4.90 Å². The second kappa shape index (κ2) is 11.3. The SMILES string of the molecule is CC[C@H](C)[C@H](CO)N1C(=O)[C@@H]2[C@H]3C(=O)OCCCC/C=C\[C@H]3S[C@@]23C=CCN(c2ccc4ccccc4c2)C(=O)C13. The van der Waals surface area contributed by atoms with Crippen LogP contribution in [-0.2, 0) is 19.1 Å². The summed E-state index contributed by atoms with van der Waals surface area (Å²) in [6.45, 7) is 4.46. The van der Waals surface area contributed by atoms with E-state index in [4.69, 9.17) is 4.74 Å². The first-order valence-electron chi connectivity index (χ1n) is 14.8. The minimum absolute atomic E-state index is 0.0364. The maximum atomic E-state index is 14.8. The van der Waals surface area contributed by atoms with Gasteiger partial charge in [0.25, 0.3) is 5.91 Å². The van der Waals surface area contributed by atoms with Crippen LogP contribution in [-0.4, -0.2) is 69.6 Å². The predicted molar refractivity (Wildman–Crippen MR) is 161 cm³/mol. The summed E-state index contributed by atoms with van der Waals surface area (Å²) in [4.78, 5) is 46.3. The second-order valence-corrected chi connectivity index (χ2v) is 13.2. The first-order valence-corrected chi connectivity index (χ1v) is 15.7. The molecule has 1 unspecified atom stereocenters. The number of aliphatic hydroxyl groups is 1. The molecular weight excluding hydrogens is 536 g/mol. The highest BCUT2D eigenvalue weighted by molar-refractivity contribution is 8.02. The lowest BCUT2D eigenvalue weighted by Crippen LogP contribution is -2.58. The fourth-order valence-electron chi connectivity index (χ4n) is 7.10. The van der Waals surface area contributed by atoms with Gasteiger partial charge in [-0.1, -0.05) is 74.9 Å². The number of ether oxygens (including phenoxy) is 1. The Morgan fingerprint density at radius 3 is 2.66 bits per heavy atom. The van der Waals surface area contributed by atoms with Crippen molar-refractivity contribution in [1.29, 1.82) is 0 Å². The molecule has 0 aromatic heterocycles. The highest BCUT2D eigenvalue weighted by atomic mass is 32.2. The number of carbonyl (C=O) groups excluding carboxylic acids is 3. The van der Waals surface area contributed by atoms with Crippen molar-refractivity contribution in [2.45, 2.75) is 61.6 Å². The van der Waals surface area contributed by atoms with E-state index in [1.807, 2.05) is 74.5 Å². The maximum Gasteiger partial charge on any atom is 0.311 e. The molecule has 4 aliphatic rings. The molecule has 7 atom stereocenters. The smallest absolute Gasteiger partial charge is 0.311 e. The normalized spacial score (nSPS) is 32.1. The number of hydrogen-bond donors (Lipinski definition) is 1. The summed E-state index contributed by atoms with van der Waals surface area (Å²) in [5, 5.41) is 12.4. The molecular formula is C33H38N2O5S. The molecule has 4 aliphatic heterocycles. The molecule has 41 heavy (non-hydrogen) atoms. The van der Waals surface area contributed by atoms with E-state index in [0.717, 1.165) is 42.1 Å². The topological polar surface area (TPSA) is 87.2 Å². The number of nitrogens with zero attached hydrogens (tertiary/aromatic N) is 2. The molecule has 0 radical (unpaired) electrons. The summed E-state index contributed by atoms with van der Waals surface area (Å²) in [6.07, 6.45) is 11.5. The van der Waals surface area contributed by atoms with Crippen LogP contribution in [0.1, 0.15) is 39.5 Å². The van der Waals surface area contributed by atoms with Crippen molar-refractivity contribution in [3.05, 3.63) is 66.8 Å². The molecule has 1 N–H and O–H groups in total. The number of amides is 2. The molecule has 1 spiro atoms. The van der Waals surface area contributed by atoms with Gasteiger partial charge in [0, 0.05) is 17.5 Å². The Balaban J connectivity index is 1.48. The van der Waals surface area contributed by atoms with Crippen molar-refractivity contribution in [2.24, 2.45) is 17.8 Å². The summed E-state index contributed by atoms with van der Waals surface area (Å²) < 4.78 is 4.77. The van der Waals surface area contributed by atoms with Gasteiger partial charge >= 0.3 is 5.97 Å². The number of likely N-dealkylation sites (tertiary alicyclic amines) is 1. The number of benzene rings is 2. The lowest BCUT2D eigenvalue weighted by molar-refractivity contribution is -0.153. The summed E-state index contributed by atoms with van der Waals surface area (Å²) in [7, 11) is 0. The quantitative estimate of drug-likeness (QED) is 0.411. The lowest BCUT2D eigenvalue weighted by atomic mass is 9.78. The van der Waals surface area contributed by atoms with Crippen molar-refractivity contribution in [3.63, 3.8) is 0 Å². The molecule has 2 aromatic carbocycles. The van der Waals surface area contributed by atoms with E-state index in [0.29, 0.717) is 13.2 Å². The lowest BCUT2D eigenvalue weighted by Gasteiger charge is -2.40. The van der Waals surface area contributed by atoms with Gasteiger partial charge in [-0.3, -0.25) is 14.4 Å². The monoisotopic (exact) mass is 574 g/mol. The summed E-state index contributed by atoms with van der Waals surface area (Å²) in [6, 6.07) is 12.6. The van der Waals surface area contributed by atoms with E-state index < -0.39 is 28.7 Å². The van der Waals surface area contributed by atoms with E-state index in [2.05, 4.69) is 6.08 Å².